The zero-order valence-electron chi connectivity index (χ0n) is 14.2. The molecule has 0 aromatic heterocycles. The van der Waals surface area contributed by atoms with E-state index in [9.17, 15) is 14.9 Å². The molecule has 1 N–H and O–H groups in total. The standard InChI is InChI=1S/C17H21N3O5/c1-24-14-7-10(13(20(22)23)8-15(14)25-2)9-18-19-17(21)16-11-5-3-4-6-12(11)16/h7-9,11-12,16H,3-6H2,1-2H3,(H,19,21)/b18-9-/t11-,12+,16?. The molecule has 8 nitrogen and oxygen atoms in total. The number of hydrazone groups is 1. The van der Waals surface area contributed by atoms with Crippen LogP contribution in [-0.4, -0.2) is 31.3 Å². The Morgan fingerprint density at radius 2 is 1.84 bits per heavy atom. The third kappa shape index (κ3) is 3.42. The van der Waals surface area contributed by atoms with Gasteiger partial charge in [-0.2, -0.15) is 5.10 Å². The van der Waals surface area contributed by atoms with Gasteiger partial charge in [-0.1, -0.05) is 12.8 Å². The van der Waals surface area contributed by atoms with Crippen LogP contribution in [0.1, 0.15) is 31.2 Å². The maximum atomic E-state index is 12.2. The molecule has 0 saturated heterocycles. The molecular weight excluding hydrogens is 326 g/mol. The number of nitrogens with one attached hydrogen (secondary N) is 1. The van der Waals surface area contributed by atoms with Gasteiger partial charge in [-0.15, -0.1) is 0 Å². The fourth-order valence-corrected chi connectivity index (χ4v) is 3.77. The van der Waals surface area contributed by atoms with Crippen LogP contribution >= 0.6 is 0 Å². The third-order valence-electron chi connectivity index (χ3n) is 5.07. The summed E-state index contributed by atoms with van der Waals surface area (Å²) in [6.45, 7) is 0. The molecule has 25 heavy (non-hydrogen) atoms. The predicted molar refractivity (Wildman–Crippen MR) is 90.9 cm³/mol. The molecule has 2 fully saturated rings. The zero-order valence-corrected chi connectivity index (χ0v) is 14.2. The van der Waals surface area contributed by atoms with E-state index >= 15 is 0 Å². The molecule has 0 heterocycles. The van der Waals surface area contributed by atoms with E-state index in [1.54, 1.807) is 0 Å². The quantitative estimate of drug-likeness (QED) is 0.484. The fourth-order valence-electron chi connectivity index (χ4n) is 3.77. The highest BCUT2D eigenvalue weighted by atomic mass is 16.6. The number of amides is 1. The van der Waals surface area contributed by atoms with Gasteiger partial charge in [0.05, 0.1) is 37.0 Å². The van der Waals surface area contributed by atoms with Gasteiger partial charge in [-0.3, -0.25) is 14.9 Å². The summed E-state index contributed by atoms with van der Waals surface area (Å²) in [5.74, 6) is 1.53. The first kappa shape index (κ1) is 17.2. The lowest BCUT2D eigenvalue weighted by atomic mass is 10.0. The van der Waals surface area contributed by atoms with Crippen molar-refractivity contribution in [1.29, 1.82) is 0 Å². The summed E-state index contributed by atoms with van der Waals surface area (Å²) in [4.78, 5) is 22.9. The number of hydrogen-bond acceptors (Lipinski definition) is 6. The van der Waals surface area contributed by atoms with Crippen molar-refractivity contribution in [2.24, 2.45) is 22.9 Å². The van der Waals surface area contributed by atoms with Crippen LogP contribution in [0.4, 0.5) is 5.69 Å². The molecule has 0 bridgehead atoms. The van der Waals surface area contributed by atoms with E-state index in [4.69, 9.17) is 9.47 Å². The van der Waals surface area contributed by atoms with E-state index in [2.05, 4.69) is 10.5 Å². The van der Waals surface area contributed by atoms with Crippen molar-refractivity contribution in [3.05, 3.63) is 27.8 Å². The molecule has 8 heteroatoms. The highest BCUT2D eigenvalue weighted by Crippen LogP contribution is 2.55. The Labute approximate surface area is 145 Å². The SMILES string of the molecule is COc1cc(/C=N\NC(=O)C2[C@H]3CCCC[C@@H]23)c([N+](=O)[O-])cc1OC. The zero-order chi connectivity index (χ0) is 18.0. The van der Waals surface area contributed by atoms with Gasteiger partial charge in [-0.25, -0.2) is 5.43 Å². The van der Waals surface area contributed by atoms with Gasteiger partial charge in [0.2, 0.25) is 5.91 Å². The number of ether oxygens (including phenoxy) is 2. The first-order valence-corrected chi connectivity index (χ1v) is 8.30. The van der Waals surface area contributed by atoms with Gasteiger partial charge in [0, 0.05) is 5.92 Å². The molecule has 134 valence electrons. The lowest BCUT2D eigenvalue weighted by Gasteiger charge is -2.08. The summed E-state index contributed by atoms with van der Waals surface area (Å²) < 4.78 is 10.2. The summed E-state index contributed by atoms with van der Waals surface area (Å²) in [5, 5.41) is 15.1. The molecular formula is C17H21N3O5. The van der Waals surface area contributed by atoms with Gasteiger partial charge in [-0.05, 0) is 30.7 Å². The van der Waals surface area contributed by atoms with E-state index in [0.29, 0.717) is 17.6 Å². The largest absolute Gasteiger partial charge is 0.493 e. The van der Waals surface area contributed by atoms with E-state index in [1.165, 1.54) is 45.4 Å². The second-order valence-corrected chi connectivity index (χ2v) is 6.40. The number of nitro groups is 1. The minimum absolute atomic E-state index is 0.0417. The van der Waals surface area contributed by atoms with Crippen molar-refractivity contribution in [1.82, 2.24) is 5.43 Å². The number of benzene rings is 1. The molecule has 1 aromatic rings. The van der Waals surface area contributed by atoms with E-state index in [0.717, 1.165) is 12.8 Å². The molecule has 1 amide bonds. The second-order valence-electron chi connectivity index (χ2n) is 6.40. The lowest BCUT2D eigenvalue weighted by Crippen LogP contribution is -2.21. The van der Waals surface area contributed by atoms with Crippen LogP contribution in [-0.2, 0) is 4.79 Å². The first-order chi connectivity index (χ1) is 12.1. The molecule has 2 aliphatic rings. The van der Waals surface area contributed by atoms with Crippen molar-refractivity contribution in [3.8, 4) is 11.5 Å². The van der Waals surface area contributed by atoms with E-state index in [-0.39, 0.29) is 28.8 Å². The Morgan fingerprint density at radius 1 is 1.24 bits per heavy atom. The predicted octanol–water partition coefficient (Wildman–Crippen LogP) is 2.50. The second kappa shape index (κ2) is 7.08. The first-order valence-electron chi connectivity index (χ1n) is 8.30. The molecule has 0 aliphatic heterocycles. The summed E-state index contributed by atoms with van der Waals surface area (Å²) >= 11 is 0. The summed E-state index contributed by atoms with van der Waals surface area (Å²) in [6, 6.07) is 2.74. The van der Waals surface area contributed by atoms with Crippen molar-refractivity contribution in [3.63, 3.8) is 0 Å². The van der Waals surface area contributed by atoms with Crippen molar-refractivity contribution < 1.29 is 19.2 Å². The molecule has 1 unspecified atom stereocenters. The van der Waals surface area contributed by atoms with Gasteiger partial charge < -0.3 is 9.47 Å². The van der Waals surface area contributed by atoms with Crippen LogP contribution in [0.25, 0.3) is 0 Å². The van der Waals surface area contributed by atoms with Crippen molar-refractivity contribution in [2.75, 3.05) is 14.2 Å². The monoisotopic (exact) mass is 347 g/mol. The number of carbonyl (C=O) groups is 1. The minimum atomic E-state index is -0.527. The van der Waals surface area contributed by atoms with Crippen LogP contribution in [0.3, 0.4) is 0 Å². The Hall–Kier alpha value is -2.64. The maximum Gasteiger partial charge on any atom is 0.282 e. The Bertz CT molecular complexity index is 706. The smallest absolute Gasteiger partial charge is 0.282 e. The summed E-state index contributed by atoms with van der Waals surface area (Å²) in [6.07, 6.45) is 5.85. The Kier molecular flexibility index (Phi) is 4.87. The van der Waals surface area contributed by atoms with Crippen molar-refractivity contribution >= 4 is 17.8 Å². The normalized spacial score (nSPS) is 24.5. The molecule has 1 aromatic carbocycles. The van der Waals surface area contributed by atoms with Crippen LogP contribution in [0, 0.1) is 27.9 Å². The number of hydrogen-bond donors (Lipinski definition) is 1. The Morgan fingerprint density at radius 3 is 2.40 bits per heavy atom. The van der Waals surface area contributed by atoms with E-state index < -0.39 is 4.92 Å². The summed E-state index contributed by atoms with van der Waals surface area (Å²) in [5.41, 5.74) is 2.58. The minimum Gasteiger partial charge on any atom is -0.493 e. The summed E-state index contributed by atoms with van der Waals surface area (Å²) in [7, 11) is 2.85. The van der Waals surface area contributed by atoms with Crippen LogP contribution in [0.5, 0.6) is 11.5 Å². The molecule has 2 saturated carbocycles. The maximum absolute atomic E-state index is 12.2. The average molecular weight is 347 g/mol. The van der Waals surface area contributed by atoms with Crippen LogP contribution < -0.4 is 14.9 Å². The molecule has 0 spiro atoms. The number of nitro benzene ring substituents is 1. The Balaban J connectivity index is 1.72. The number of methoxy groups -OCH3 is 2. The third-order valence-corrected chi connectivity index (χ3v) is 5.07. The molecule has 0 radical (unpaired) electrons. The van der Waals surface area contributed by atoms with Gasteiger partial charge in [0.1, 0.15) is 0 Å². The van der Waals surface area contributed by atoms with Crippen molar-refractivity contribution in [2.45, 2.75) is 25.7 Å². The van der Waals surface area contributed by atoms with Crippen LogP contribution in [0.2, 0.25) is 0 Å². The highest BCUT2D eigenvalue weighted by Gasteiger charge is 2.54. The number of rotatable bonds is 6. The number of nitrogens with zero attached hydrogens (tertiary/aromatic N) is 2. The number of fused-ring (bicyclic) bond motifs is 1. The van der Waals surface area contributed by atoms with Gasteiger partial charge >= 0.3 is 0 Å². The lowest BCUT2D eigenvalue weighted by molar-refractivity contribution is -0.385. The highest BCUT2D eigenvalue weighted by molar-refractivity contribution is 5.89. The topological polar surface area (TPSA) is 103 Å². The molecule has 2 aliphatic carbocycles. The molecule has 3 rings (SSSR count). The average Bonchev–Trinajstić information content (AvgIpc) is 3.35. The number of carbonyl (C=O) groups excluding carboxylic acids is 1. The van der Waals surface area contributed by atoms with Crippen LogP contribution in [0.15, 0.2) is 17.2 Å². The molecule has 3 atom stereocenters. The van der Waals surface area contributed by atoms with E-state index in [1.807, 2.05) is 0 Å². The van der Waals surface area contributed by atoms with Gasteiger partial charge in [0.25, 0.3) is 5.69 Å². The fraction of sp³-hybridized carbons (Fsp3) is 0.529. The van der Waals surface area contributed by atoms with Gasteiger partial charge in [0.15, 0.2) is 11.5 Å².